The summed E-state index contributed by atoms with van der Waals surface area (Å²) in [5, 5.41) is 6.59. The largest absolute Gasteiger partial charge is 0.369 e. The summed E-state index contributed by atoms with van der Waals surface area (Å²) >= 11 is 1.86. The van der Waals surface area contributed by atoms with Gasteiger partial charge in [0.2, 0.25) is 5.95 Å². The minimum Gasteiger partial charge on any atom is -0.369 e. The Kier molecular flexibility index (Phi) is 8.91. The van der Waals surface area contributed by atoms with Gasteiger partial charge in [-0.25, -0.2) is 4.98 Å². The van der Waals surface area contributed by atoms with Crippen molar-refractivity contribution in [2.45, 2.75) is 50.6 Å². The highest BCUT2D eigenvalue weighted by Crippen LogP contribution is 2.36. The fourth-order valence-corrected chi connectivity index (χ4v) is 6.86. The third-order valence-corrected chi connectivity index (χ3v) is 9.32. The number of thioether (sulfide) groups is 1. The standard InChI is InChI=1S/C32H41N7OS/c1-2-14-33-30-29-28(13-21-41-29)35-32(36-30)39-19-17-38(18-20-39)27-11-9-26(10-12-27)31(40)34-22-24-5-7-25(8-6-24)23-37-15-3-4-16-37/h5-12H,2-4,13-23H2,1H3,(H,34,40)(H,33,35,36). The molecular weight excluding hydrogens is 530 g/mol. The van der Waals surface area contributed by atoms with Gasteiger partial charge in [-0.3, -0.25) is 9.69 Å². The van der Waals surface area contributed by atoms with Gasteiger partial charge in [0.15, 0.2) is 0 Å². The molecule has 1 aromatic heterocycles. The second-order valence-corrected chi connectivity index (χ2v) is 12.3. The van der Waals surface area contributed by atoms with E-state index in [9.17, 15) is 4.79 Å². The molecule has 0 bridgehead atoms. The number of nitrogens with zero attached hydrogens (tertiary/aromatic N) is 5. The summed E-state index contributed by atoms with van der Waals surface area (Å²) in [6.07, 6.45) is 4.71. The zero-order chi connectivity index (χ0) is 28.0. The quantitative estimate of drug-likeness (QED) is 0.360. The monoisotopic (exact) mass is 571 g/mol. The summed E-state index contributed by atoms with van der Waals surface area (Å²) in [5.74, 6) is 2.89. The van der Waals surface area contributed by atoms with Gasteiger partial charge in [0.1, 0.15) is 5.82 Å². The van der Waals surface area contributed by atoms with E-state index in [0.717, 1.165) is 80.9 Å². The van der Waals surface area contributed by atoms with Crippen LogP contribution in [0.1, 0.15) is 53.4 Å². The molecule has 216 valence electrons. The molecule has 6 rings (SSSR count). The summed E-state index contributed by atoms with van der Waals surface area (Å²) in [7, 11) is 0. The highest BCUT2D eigenvalue weighted by molar-refractivity contribution is 7.99. The van der Waals surface area contributed by atoms with E-state index in [1.807, 2.05) is 23.9 Å². The van der Waals surface area contributed by atoms with E-state index in [4.69, 9.17) is 9.97 Å². The van der Waals surface area contributed by atoms with Gasteiger partial charge in [0.05, 0.1) is 10.6 Å². The number of rotatable bonds is 10. The van der Waals surface area contributed by atoms with Crippen LogP contribution >= 0.6 is 11.8 Å². The first kappa shape index (κ1) is 27.8. The molecule has 2 aromatic carbocycles. The lowest BCUT2D eigenvalue weighted by atomic mass is 10.1. The molecule has 8 nitrogen and oxygen atoms in total. The highest BCUT2D eigenvalue weighted by atomic mass is 32.2. The lowest BCUT2D eigenvalue weighted by Gasteiger charge is -2.36. The Labute approximate surface area is 247 Å². The SMILES string of the molecule is CCCNc1nc(N2CCN(c3ccc(C(=O)NCc4ccc(CN5CCCC5)cc4)cc3)CC2)nc2c1SCC2. The molecular formula is C32H41N7OS. The zero-order valence-corrected chi connectivity index (χ0v) is 24.9. The Hall–Kier alpha value is -3.30. The minimum absolute atomic E-state index is 0.0399. The van der Waals surface area contributed by atoms with Crippen LogP contribution in [0, 0.1) is 0 Å². The second kappa shape index (κ2) is 13.1. The zero-order valence-electron chi connectivity index (χ0n) is 24.1. The molecule has 0 saturated carbocycles. The predicted molar refractivity (Wildman–Crippen MR) is 168 cm³/mol. The first-order chi connectivity index (χ1) is 20.2. The van der Waals surface area contributed by atoms with Gasteiger partial charge in [-0.05, 0) is 67.7 Å². The highest BCUT2D eigenvalue weighted by Gasteiger charge is 2.25. The van der Waals surface area contributed by atoms with Crippen molar-refractivity contribution in [3.63, 3.8) is 0 Å². The van der Waals surface area contributed by atoms with Crippen molar-refractivity contribution < 1.29 is 4.79 Å². The molecule has 3 aromatic rings. The number of fused-ring (bicyclic) bond motifs is 1. The maximum atomic E-state index is 12.8. The van der Waals surface area contributed by atoms with Crippen molar-refractivity contribution in [2.75, 3.05) is 66.7 Å². The molecule has 0 spiro atoms. The molecule has 4 heterocycles. The van der Waals surface area contributed by atoms with Crippen molar-refractivity contribution >= 4 is 35.1 Å². The van der Waals surface area contributed by atoms with Crippen LogP contribution in [-0.4, -0.2) is 72.3 Å². The first-order valence-electron chi connectivity index (χ1n) is 15.1. The number of carbonyl (C=O) groups is 1. The van der Waals surface area contributed by atoms with Crippen molar-refractivity contribution in [1.82, 2.24) is 20.2 Å². The summed E-state index contributed by atoms with van der Waals surface area (Å²) in [5.41, 5.74) is 5.48. The number of nitrogens with one attached hydrogen (secondary N) is 2. The molecule has 0 unspecified atom stereocenters. The number of aromatic nitrogens is 2. The molecule has 2 fully saturated rings. The number of piperazine rings is 1. The van der Waals surface area contributed by atoms with E-state index in [0.29, 0.717) is 12.1 Å². The predicted octanol–water partition coefficient (Wildman–Crippen LogP) is 4.80. The number of hydrogen-bond acceptors (Lipinski definition) is 8. The van der Waals surface area contributed by atoms with E-state index in [-0.39, 0.29) is 5.91 Å². The maximum Gasteiger partial charge on any atom is 0.251 e. The van der Waals surface area contributed by atoms with E-state index in [1.54, 1.807) is 0 Å². The Balaban J connectivity index is 0.996. The van der Waals surface area contributed by atoms with Crippen molar-refractivity contribution in [3.8, 4) is 0 Å². The van der Waals surface area contributed by atoms with E-state index in [2.05, 4.69) is 68.7 Å². The van der Waals surface area contributed by atoms with Gasteiger partial charge in [0.25, 0.3) is 5.91 Å². The van der Waals surface area contributed by atoms with Gasteiger partial charge < -0.3 is 20.4 Å². The van der Waals surface area contributed by atoms with Gasteiger partial charge in [0, 0.05) is 69.2 Å². The topological polar surface area (TPSA) is 76.6 Å². The summed E-state index contributed by atoms with van der Waals surface area (Å²) in [6, 6.07) is 16.6. The molecule has 0 aliphatic carbocycles. The van der Waals surface area contributed by atoms with Crippen LogP contribution in [0.2, 0.25) is 0 Å². The number of hydrogen-bond donors (Lipinski definition) is 2. The Morgan fingerprint density at radius 1 is 0.878 bits per heavy atom. The van der Waals surface area contributed by atoms with Crippen LogP contribution in [0.25, 0.3) is 0 Å². The van der Waals surface area contributed by atoms with Crippen LogP contribution in [0.15, 0.2) is 53.4 Å². The summed E-state index contributed by atoms with van der Waals surface area (Å²) < 4.78 is 0. The Morgan fingerprint density at radius 2 is 1.59 bits per heavy atom. The Morgan fingerprint density at radius 3 is 2.32 bits per heavy atom. The number of carbonyl (C=O) groups excluding carboxylic acids is 1. The fraction of sp³-hybridized carbons (Fsp3) is 0.469. The van der Waals surface area contributed by atoms with E-state index >= 15 is 0 Å². The van der Waals surface area contributed by atoms with E-state index < -0.39 is 0 Å². The molecule has 2 saturated heterocycles. The van der Waals surface area contributed by atoms with E-state index in [1.165, 1.54) is 42.1 Å². The lowest BCUT2D eigenvalue weighted by Crippen LogP contribution is -2.47. The average molecular weight is 572 g/mol. The van der Waals surface area contributed by atoms with Gasteiger partial charge in [-0.15, -0.1) is 11.8 Å². The van der Waals surface area contributed by atoms with Gasteiger partial charge in [-0.1, -0.05) is 31.2 Å². The number of likely N-dealkylation sites (tertiary alicyclic amines) is 1. The molecule has 0 radical (unpaired) electrons. The van der Waals surface area contributed by atoms with Crippen LogP contribution in [-0.2, 0) is 19.5 Å². The summed E-state index contributed by atoms with van der Waals surface area (Å²) in [4.78, 5) is 31.1. The van der Waals surface area contributed by atoms with Gasteiger partial charge >= 0.3 is 0 Å². The second-order valence-electron chi connectivity index (χ2n) is 11.2. The number of anilines is 3. The average Bonchev–Trinajstić information content (AvgIpc) is 3.72. The molecule has 41 heavy (non-hydrogen) atoms. The lowest BCUT2D eigenvalue weighted by molar-refractivity contribution is 0.0951. The summed E-state index contributed by atoms with van der Waals surface area (Å²) in [6.45, 7) is 10.6. The first-order valence-corrected chi connectivity index (χ1v) is 16.1. The van der Waals surface area contributed by atoms with Crippen LogP contribution in [0.4, 0.5) is 17.5 Å². The van der Waals surface area contributed by atoms with Crippen LogP contribution in [0.5, 0.6) is 0 Å². The molecule has 2 N–H and O–H groups in total. The molecule has 3 aliphatic heterocycles. The van der Waals surface area contributed by atoms with Gasteiger partial charge in [-0.2, -0.15) is 4.98 Å². The van der Waals surface area contributed by atoms with Crippen molar-refractivity contribution in [3.05, 3.63) is 70.9 Å². The third kappa shape index (κ3) is 6.79. The van der Waals surface area contributed by atoms with Crippen LogP contribution in [0.3, 0.4) is 0 Å². The normalized spacial score (nSPS) is 17.1. The third-order valence-electron chi connectivity index (χ3n) is 8.19. The molecule has 0 atom stereocenters. The molecule has 9 heteroatoms. The smallest absolute Gasteiger partial charge is 0.251 e. The van der Waals surface area contributed by atoms with Crippen molar-refractivity contribution in [2.24, 2.45) is 0 Å². The number of aryl methyl sites for hydroxylation is 1. The minimum atomic E-state index is -0.0399. The molecule has 3 aliphatic rings. The van der Waals surface area contributed by atoms with Crippen molar-refractivity contribution in [1.29, 1.82) is 0 Å². The molecule has 1 amide bonds. The van der Waals surface area contributed by atoms with Crippen LogP contribution < -0.4 is 20.4 Å². The fourth-order valence-electron chi connectivity index (χ4n) is 5.79. The number of amides is 1. The Bertz CT molecular complexity index is 1320. The maximum absolute atomic E-state index is 12.8. The number of benzene rings is 2.